The van der Waals surface area contributed by atoms with Gasteiger partial charge in [0.15, 0.2) is 5.82 Å². The third kappa shape index (κ3) is 4.66. The number of hydrogen-bond acceptors (Lipinski definition) is 6. The molecule has 2 aliphatic carbocycles. The Balaban J connectivity index is 1.43. The van der Waals surface area contributed by atoms with Gasteiger partial charge < -0.3 is 10.6 Å². The van der Waals surface area contributed by atoms with Crippen LogP contribution in [-0.2, 0) is 6.18 Å². The molecule has 166 valence electrons. The molecule has 5 rings (SSSR count). The monoisotopic (exact) mass is 440 g/mol. The molecule has 2 fully saturated rings. The quantitative estimate of drug-likeness (QED) is 0.531. The van der Waals surface area contributed by atoms with Crippen molar-refractivity contribution in [3.63, 3.8) is 0 Å². The predicted octanol–water partition coefficient (Wildman–Crippen LogP) is 5.13. The van der Waals surface area contributed by atoms with Gasteiger partial charge in [-0.25, -0.2) is 4.98 Å². The molecule has 2 N–H and O–H groups in total. The van der Waals surface area contributed by atoms with E-state index in [0.717, 1.165) is 25.3 Å². The topological polar surface area (TPSA) is 75.6 Å². The number of aromatic nitrogens is 4. The van der Waals surface area contributed by atoms with Crippen LogP contribution in [0.2, 0.25) is 0 Å². The third-order valence-corrected chi connectivity index (χ3v) is 5.92. The Kier molecular flexibility index (Phi) is 5.19. The van der Waals surface area contributed by atoms with E-state index in [4.69, 9.17) is 0 Å². The van der Waals surface area contributed by atoms with Gasteiger partial charge in [-0.2, -0.15) is 28.1 Å². The van der Waals surface area contributed by atoms with Gasteiger partial charge in [0.05, 0.1) is 0 Å². The van der Waals surface area contributed by atoms with Crippen LogP contribution in [0.25, 0.3) is 11.5 Å². The smallest absolute Gasteiger partial charge is 0.351 e. The van der Waals surface area contributed by atoms with Crippen LogP contribution in [0.3, 0.4) is 0 Å². The standard InChI is InChI=1S/C23H23F3N6/c1-13(14-10-11-14)27-21-30-20(17-8-5-9-19(28-17)23(24,25)26)31-22(32-21)29-18-12-16(18)15-6-3-2-4-7-15/h2-9,13-14,16,18H,10-12H2,1H3,(H2,27,29,30,31,32). The van der Waals surface area contributed by atoms with E-state index in [9.17, 15) is 13.2 Å². The zero-order valence-corrected chi connectivity index (χ0v) is 17.5. The summed E-state index contributed by atoms with van der Waals surface area (Å²) < 4.78 is 39.5. The minimum atomic E-state index is -4.54. The number of pyridine rings is 1. The largest absolute Gasteiger partial charge is 0.433 e. The summed E-state index contributed by atoms with van der Waals surface area (Å²) in [6, 6.07) is 14.2. The molecule has 0 aliphatic heterocycles. The molecule has 32 heavy (non-hydrogen) atoms. The summed E-state index contributed by atoms with van der Waals surface area (Å²) in [7, 11) is 0. The van der Waals surface area contributed by atoms with Crippen LogP contribution in [0.4, 0.5) is 25.1 Å². The van der Waals surface area contributed by atoms with E-state index in [0.29, 0.717) is 23.7 Å². The van der Waals surface area contributed by atoms with E-state index >= 15 is 0 Å². The molecule has 3 unspecified atom stereocenters. The number of nitrogens with one attached hydrogen (secondary N) is 2. The van der Waals surface area contributed by atoms with Crippen LogP contribution in [0.15, 0.2) is 48.5 Å². The van der Waals surface area contributed by atoms with Crippen molar-refractivity contribution in [2.45, 2.75) is 50.4 Å². The normalized spacial score (nSPS) is 21.1. The summed E-state index contributed by atoms with van der Waals surface area (Å²) in [6.07, 6.45) is -1.31. The van der Waals surface area contributed by atoms with Crippen molar-refractivity contribution in [3.05, 3.63) is 59.8 Å². The number of nitrogens with zero attached hydrogens (tertiary/aromatic N) is 4. The molecule has 0 saturated heterocycles. The van der Waals surface area contributed by atoms with Crippen LogP contribution in [0, 0.1) is 5.92 Å². The number of benzene rings is 1. The maximum Gasteiger partial charge on any atom is 0.433 e. The maximum absolute atomic E-state index is 13.2. The summed E-state index contributed by atoms with van der Waals surface area (Å²) in [4.78, 5) is 17.0. The zero-order chi connectivity index (χ0) is 22.3. The predicted molar refractivity (Wildman–Crippen MR) is 115 cm³/mol. The Hall–Kier alpha value is -3.23. The van der Waals surface area contributed by atoms with Gasteiger partial charge in [0.1, 0.15) is 11.4 Å². The van der Waals surface area contributed by atoms with Gasteiger partial charge in [-0.05, 0) is 49.8 Å². The Morgan fingerprint density at radius 3 is 2.38 bits per heavy atom. The first-order valence-corrected chi connectivity index (χ1v) is 10.8. The van der Waals surface area contributed by atoms with Crippen molar-refractivity contribution in [1.29, 1.82) is 0 Å². The molecule has 2 saturated carbocycles. The van der Waals surface area contributed by atoms with Crippen molar-refractivity contribution in [3.8, 4) is 11.5 Å². The lowest BCUT2D eigenvalue weighted by atomic mass is 10.1. The Morgan fingerprint density at radius 1 is 0.906 bits per heavy atom. The molecule has 1 aromatic carbocycles. The fraction of sp³-hybridized carbons (Fsp3) is 0.391. The van der Waals surface area contributed by atoms with Crippen molar-refractivity contribution in [2.24, 2.45) is 5.92 Å². The molecule has 0 spiro atoms. The third-order valence-electron chi connectivity index (χ3n) is 5.92. The number of anilines is 2. The highest BCUT2D eigenvalue weighted by atomic mass is 19.4. The molecular formula is C23H23F3N6. The molecule has 2 heterocycles. The molecule has 2 aliphatic rings. The summed E-state index contributed by atoms with van der Waals surface area (Å²) in [5.74, 6) is 1.70. The van der Waals surface area contributed by atoms with Gasteiger partial charge in [-0.1, -0.05) is 36.4 Å². The lowest BCUT2D eigenvalue weighted by molar-refractivity contribution is -0.141. The summed E-state index contributed by atoms with van der Waals surface area (Å²) in [5, 5.41) is 6.61. The van der Waals surface area contributed by atoms with Gasteiger partial charge in [-0.15, -0.1) is 0 Å². The average Bonchev–Trinajstić information content (AvgIpc) is 3.69. The lowest BCUT2D eigenvalue weighted by Gasteiger charge is -2.15. The highest BCUT2D eigenvalue weighted by Gasteiger charge is 2.39. The Morgan fingerprint density at radius 2 is 1.66 bits per heavy atom. The SMILES string of the molecule is CC(Nc1nc(NC2CC2c2ccccc2)nc(-c2cccc(C(F)(F)F)n2)n1)C1CC1. The second-order valence-corrected chi connectivity index (χ2v) is 8.49. The van der Waals surface area contributed by atoms with Crippen molar-refractivity contribution in [2.75, 3.05) is 10.6 Å². The fourth-order valence-corrected chi connectivity index (χ4v) is 3.84. The van der Waals surface area contributed by atoms with Crippen LogP contribution in [0.1, 0.15) is 43.4 Å². The van der Waals surface area contributed by atoms with Crippen LogP contribution in [0.5, 0.6) is 0 Å². The molecule has 0 radical (unpaired) electrons. The first kappa shape index (κ1) is 20.7. The van der Waals surface area contributed by atoms with E-state index in [-0.39, 0.29) is 23.6 Å². The number of hydrogen-bond donors (Lipinski definition) is 2. The minimum Gasteiger partial charge on any atom is -0.351 e. The van der Waals surface area contributed by atoms with E-state index in [1.165, 1.54) is 17.7 Å². The van der Waals surface area contributed by atoms with E-state index in [2.05, 4.69) is 49.6 Å². The molecule has 0 amide bonds. The van der Waals surface area contributed by atoms with Gasteiger partial charge in [0, 0.05) is 18.0 Å². The summed E-state index contributed by atoms with van der Waals surface area (Å²) in [5.41, 5.74) is 0.319. The van der Waals surface area contributed by atoms with Crippen molar-refractivity contribution in [1.82, 2.24) is 19.9 Å². The van der Waals surface area contributed by atoms with E-state index in [1.807, 2.05) is 18.2 Å². The van der Waals surface area contributed by atoms with Gasteiger partial charge in [0.25, 0.3) is 0 Å². The molecule has 6 nitrogen and oxygen atoms in total. The first-order valence-electron chi connectivity index (χ1n) is 10.8. The molecule has 2 aromatic heterocycles. The summed E-state index contributed by atoms with van der Waals surface area (Å²) in [6.45, 7) is 2.06. The van der Waals surface area contributed by atoms with Crippen LogP contribution < -0.4 is 10.6 Å². The molecule has 3 atom stereocenters. The second kappa shape index (κ2) is 8.03. The number of rotatable bonds is 7. The molecule has 0 bridgehead atoms. The Labute approximate surface area is 183 Å². The molecular weight excluding hydrogens is 417 g/mol. The maximum atomic E-state index is 13.2. The highest BCUT2D eigenvalue weighted by Crippen LogP contribution is 2.42. The first-order chi connectivity index (χ1) is 15.4. The summed E-state index contributed by atoms with van der Waals surface area (Å²) >= 11 is 0. The number of alkyl halides is 3. The fourth-order valence-electron chi connectivity index (χ4n) is 3.84. The zero-order valence-electron chi connectivity index (χ0n) is 17.5. The van der Waals surface area contributed by atoms with Gasteiger partial charge in [0.2, 0.25) is 11.9 Å². The molecule has 3 aromatic rings. The van der Waals surface area contributed by atoms with E-state index in [1.54, 1.807) is 0 Å². The lowest BCUT2D eigenvalue weighted by Crippen LogP contribution is -2.20. The highest BCUT2D eigenvalue weighted by molar-refractivity contribution is 5.55. The van der Waals surface area contributed by atoms with Crippen LogP contribution >= 0.6 is 0 Å². The van der Waals surface area contributed by atoms with Crippen molar-refractivity contribution < 1.29 is 13.2 Å². The van der Waals surface area contributed by atoms with Crippen LogP contribution in [-0.4, -0.2) is 32.0 Å². The minimum absolute atomic E-state index is 0.0582. The van der Waals surface area contributed by atoms with Gasteiger partial charge in [-0.3, -0.25) is 0 Å². The van der Waals surface area contributed by atoms with E-state index < -0.39 is 11.9 Å². The molecule has 9 heteroatoms. The van der Waals surface area contributed by atoms with Crippen molar-refractivity contribution >= 4 is 11.9 Å². The number of halogens is 3. The second-order valence-electron chi connectivity index (χ2n) is 8.49. The average molecular weight is 440 g/mol. The Bertz CT molecular complexity index is 1100. The van der Waals surface area contributed by atoms with Gasteiger partial charge >= 0.3 is 6.18 Å².